The number of rotatable bonds is 3. The van der Waals surface area contributed by atoms with Gasteiger partial charge in [0, 0.05) is 11.6 Å². The standard InChI is InChI=1S/C9H7Cl2N3O2S2/c10-5-1-2-6(12)7(11)8(5)18(15,16)14-9-13-3-4-17-9/h1-4H,12H2,(H,13,14). The van der Waals surface area contributed by atoms with Gasteiger partial charge in [-0.2, -0.15) is 0 Å². The Morgan fingerprint density at radius 3 is 2.67 bits per heavy atom. The average molecular weight is 324 g/mol. The fraction of sp³-hybridized carbons (Fsp3) is 0. The first-order chi connectivity index (χ1) is 8.42. The van der Waals surface area contributed by atoms with Crippen molar-refractivity contribution in [1.29, 1.82) is 0 Å². The quantitative estimate of drug-likeness (QED) is 0.850. The van der Waals surface area contributed by atoms with E-state index in [4.69, 9.17) is 28.9 Å². The summed E-state index contributed by atoms with van der Waals surface area (Å²) in [6.45, 7) is 0. The van der Waals surface area contributed by atoms with Gasteiger partial charge >= 0.3 is 0 Å². The van der Waals surface area contributed by atoms with Crippen molar-refractivity contribution in [2.24, 2.45) is 0 Å². The largest absolute Gasteiger partial charge is 0.397 e. The summed E-state index contributed by atoms with van der Waals surface area (Å²) in [6, 6.07) is 2.81. The summed E-state index contributed by atoms with van der Waals surface area (Å²) in [4.78, 5) is 3.57. The molecule has 0 unspecified atom stereocenters. The van der Waals surface area contributed by atoms with E-state index in [2.05, 4.69) is 9.71 Å². The zero-order chi connectivity index (χ0) is 13.3. The molecule has 9 heteroatoms. The number of thiazole rings is 1. The number of anilines is 2. The predicted octanol–water partition coefficient (Wildman–Crippen LogP) is 2.83. The Kier molecular flexibility index (Phi) is 3.67. The first kappa shape index (κ1) is 13.4. The van der Waals surface area contributed by atoms with Crippen LogP contribution in [0.5, 0.6) is 0 Å². The average Bonchev–Trinajstić information content (AvgIpc) is 2.75. The van der Waals surface area contributed by atoms with Crippen molar-refractivity contribution < 1.29 is 8.42 Å². The van der Waals surface area contributed by atoms with Gasteiger partial charge in [-0.05, 0) is 12.1 Å². The van der Waals surface area contributed by atoms with Gasteiger partial charge in [0.2, 0.25) is 0 Å². The molecule has 5 nitrogen and oxygen atoms in total. The highest BCUT2D eigenvalue weighted by atomic mass is 35.5. The monoisotopic (exact) mass is 323 g/mol. The van der Waals surface area contributed by atoms with Gasteiger partial charge in [0.1, 0.15) is 4.90 Å². The molecule has 1 aromatic heterocycles. The van der Waals surface area contributed by atoms with E-state index in [1.54, 1.807) is 5.38 Å². The first-order valence-corrected chi connectivity index (χ1v) is 7.69. The minimum absolute atomic E-state index is 0.00161. The number of nitrogens with zero attached hydrogens (tertiary/aromatic N) is 1. The third-order valence-corrected chi connectivity index (χ3v) is 5.19. The summed E-state index contributed by atoms with van der Waals surface area (Å²) in [5.41, 5.74) is 5.70. The fourth-order valence-electron chi connectivity index (χ4n) is 1.23. The number of hydrogen-bond acceptors (Lipinski definition) is 5. The van der Waals surface area contributed by atoms with Crippen LogP contribution in [0.4, 0.5) is 10.8 Å². The highest BCUT2D eigenvalue weighted by Crippen LogP contribution is 2.34. The molecule has 0 radical (unpaired) electrons. The second-order valence-corrected chi connectivity index (χ2v) is 6.52. The van der Waals surface area contributed by atoms with Gasteiger partial charge in [-0.15, -0.1) is 11.3 Å². The molecule has 3 N–H and O–H groups in total. The van der Waals surface area contributed by atoms with Gasteiger partial charge in [0.15, 0.2) is 5.13 Å². The van der Waals surface area contributed by atoms with Crippen LogP contribution in [0.1, 0.15) is 0 Å². The van der Waals surface area contributed by atoms with Crippen LogP contribution in [0, 0.1) is 0 Å². The molecule has 0 atom stereocenters. The summed E-state index contributed by atoms with van der Waals surface area (Å²) in [5, 5.41) is 1.76. The number of aromatic nitrogens is 1. The Hall–Kier alpha value is -1.02. The van der Waals surface area contributed by atoms with E-state index in [1.165, 1.54) is 18.3 Å². The fourth-order valence-corrected chi connectivity index (χ4v) is 4.17. The number of nitrogens with two attached hydrogens (primary N) is 1. The minimum atomic E-state index is -3.91. The lowest BCUT2D eigenvalue weighted by Gasteiger charge is -2.10. The highest BCUT2D eigenvalue weighted by molar-refractivity contribution is 7.93. The molecular formula is C9H7Cl2N3O2S2. The molecule has 0 fully saturated rings. The van der Waals surface area contributed by atoms with Crippen LogP contribution < -0.4 is 10.5 Å². The number of nitrogen functional groups attached to an aromatic ring is 1. The van der Waals surface area contributed by atoms with Crippen LogP contribution in [0.25, 0.3) is 0 Å². The number of sulfonamides is 1. The lowest BCUT2D eigenvalue weighted by Crippen LogP contribution is -2.14. The van der Waals surface area contributed by atoms with Gasteiger partial charge in [0.05, 0.1) is 15.7 Å². The van der Waals surface area contributed by atoms with E-state index in [0.717, 1.165) is 11.3 Å². The SMILES string of the molecule is Nc1ccc(Cl)c(S(=O)(=O)Nc2nccs2)c1Cl. The van der Waals surface area contributed by atoms with Crippen LogP contribution in [0.3, 0.4) is 0 Å². The molecule has 18 heavy (non-hydrogen) atoms. The van der Waals surface area contributed by atoms with Gasteiger partial charge in [-0.25, -0.2) is 13.4 Å². The zero-order valence-electron chi connectivity index (χ0n) is 8.72. The number of benzene rings is 1. The Balaban J connectivity index is 2.51. The zero-order valence-corrected chi connectivity index (χ0v) is 11.9. The van der Waals surface area contributed by atoms with Gasteiger partial charge in [-0.3, -0.25) is 4.72 Å². The van der Waals surface area contributed by atoms with E-state index in [1.807, 2.05) is 0 Å². The topological polar surface area (TPSA) is 85.1 Å². The molecule has 2 aromatic rings. The Morgan fingerprint density at radius 1 is 1.33 bits per heavy atom. The summed E-state index contributed by atoms with van der Waals surface area (Å²) in [6.07, 6.45) is 1.48. The molecule has 2 rings (SSSR count). The van der Waals surface area contributed by atoms with Crippen molar-refractivity contribution in [1.82, 2.24) is 4.98 Å². The van der Waals surface area contributed by atoms with Crippen molar-refractivity contribution in [2.45, 2.75) is 4.90 Å². The molecule has 0 saturated heterocycles. The lowest BCUT2D eigenvalue weighted by atomic mass is 10.3. The van der Waals surface area contributed by atoms with Gasteiger partial charge < -0.3 is 5.73 Å². The smallest absolute Gasteiger partial charge is 0.266 e. The van der Waals surface area contributed by atoms with Crippen molar-refractivity contribution in [2.75, 3.05) is 10.5 Å². The second kappa shape index (κ2) is 4.93. The third-order valence-electron chi connectivity index (χ3n) is 2.00. The second-order valence-electron chi connectivity index (χ2n) is 3.22. The number of halogens is 2. The van der Waals surface area contributed by atoms with Gasteiger partial charge in [0.25, 0.3) is 10.0 Å². The Labute approximate surface area is 118 Å². The highest BCUT2D eigenvalue weighted by Gasteiger charge is 2.24. The van der Waals surface area contributed by atoms with E-state index in [-0.39, 0.29) is 25.8 Å². The van der Waals surface area contributed by atoms with Crippen molar-refractivity contribution in [3.05, 3.63) is 33.8 Å². The van der Waals surface area contributed by atoms with Gasteiger partial charge in [-0.1, -0.05) is 23.2 Å². The molecule has 0 aliphatic carbocycles. The van der Waals surface area contributed by atoms with E-state index in [0.29, 0.717) is 0 Å². The predicted molar refractivity (Wildman–Crippen MR) is 73.8 cm³/mol. The lowest BCUT2D eigenvalue weighted by molar-refractivity contribution is 0.601. The molecule has 0 aliphatic rings. The summed E-state index contributed by atoms with van der Waals surface area (Å²) < 4.78 is 26.5. The van der Waals surface area contributed by atoms with Crippen molar-refractivity contribution in [3.63, 3.8) is 0 Å². The number of nitrogens with one attached hydrogen (secondary N) is 1. The van der Waals surface area contributed by atoms with Crippen molar-refractivity contribution in [3.8, 4) is 0 Å². The summed E-state index contributed by atoms with van der Waals surface area (Å²) >= 11 is 12.9. The molecule has 0 amide bonds. The summed E-state index contributed by atoms with van der Waals surface area (Å²) in [5.74, 6) is 0. The maximum absolute atomic E-state index is 12.1. The summed E-state index contributed by atoms with van der Waals surface area (Å²) in [7, 11) is -3.91. The Bertz CT molecular complexity index is 671. The first-order valence-electron chi connectivity index (χ1n) is 4.57. The molecular weight excluding hydrogens is 317 g/mol. The van der Waals surface area contributed by atoms with Crippen molar-refractivity contribution >= 4 is 55.4 Å². The van der Waals surface area contributed by atoms with E-state index >= 15 is 0 Å². The molecule has 0 aliphatic heterocycles. The maximum Gasteiger partial charge on any atom is 0.266 e. The van der Waals surface area contributed by atoms with E-state index in [9.17, 15) is 8.42 Å². The Morgan fingerprint density at radius 2 is 2.06 bits per heavy atom. The van der Waals surface area contributed by atoms with Crippen LogP contribution in [0.2, 0.25) is 10.0 Å². The molecule has 1 aromatic carbocycles. The minimum Gasteiger partial charge on any atom is -0.397 e. The van der Waals surface area contributed by atoms with Crippen LogP contribution in [-0.4, -0.2) is 13.4 Å². The van der Waals surface area contributed by atoms with Crippen LogP contribution in [-0.2, 0) is 10.0 Å². The number of hydrogen-bond donors (Lipinski definition) is 2. The molecule has 0 bridgehead atoms. The third kappa shape index (κ3) is 2.54. The van der Waals surface area contributed by atoms with E-state index < -0.39 is 10.0 Å². The van der Waals surface area contributed by atoms with Crippen LogP contribution >= 0.6 is 34.5 Å². The molecule has 0 spiro atoms. The molecule has 96 valence electrons. The maximum atomic E-state index is 12.1. The molecule has 1 heterocycles. The van der Waals surface area contributed by atoms with Crippen LogP contribution in [0.15, 0.2) is 28.6 Å². The normalized spacial score (nSPS) is 11.4. The molecule has 0 saturated carbocycles.